The first-order valence-corrected chi connectivity index (χ1v) is 18.0. The highest BCUT2D eigenvalue weighted by molar-refractivity contribution is 5.91. The molecule has 4 heterocycles. The van der Waals surface area contributed by atoms with E-state index in [1.165, 1.54) is 14.2 Å². The summed E-state index contributed by atoms with van der Waals surface area (Å²) in [6, 6.07) is 13.9. The Labute approximate surface area is 305 Å². The fraction of sp³-hybridized carbons (Fsp3) is 0.395. The van der Waals surface area contributed by atoms with Gasteiger partial charge in [-0.25, -0.2) is 24.5 Å². The molecule has 1 saturated heterocycles. The number of benzene rings is 2. The number of pyridine rings is 1. The van der Waals surface area contributed by atoms with Crippen molar-refractivity contribution in [2.75, 3.05) is 33.9 Å². The maximum absolute atomic E-state index is 13.6. The molecular weight excluding hydrogens is 678 g/mol. The van der Waals surface area contributed by atoms with Crippen molar-refractivity contribution in [2.45, 2.75) is 57.0 Å². The molecule has 0 spiro atoms. The molecule has 2 aromatic carbocycles. The van der Waals surface area contributed by atoms with Gasteiger partial charge in [0, 0.05) is 36.8 Å². The van der Waals surface area contributed by atoms with Crippen molar-refractivity contribution >= 4 is 45.9 Å². The summed E-state index contributed by atoms with van der Waals surface area (Å²) in [4.78, 5) is 71.2. The summed E-state index contributed by atoms with van der Waals surface area (Å²) in [6.07, 6.45) is 8.25. The maximum atomic E-state index is 13.6. The highest BCUT2D eigenvalue weighted by Crippen LogP contribution is 2.38. The maximum Gasteiger partial charge on any atom is 0.407 e. The van der Waals surface area contributed by atoms with Gasteiger partial charge in [-0.3, -0.25) is 9.59 Å². The van der Waals surface area contributed by atoms with Crippen LogP contribution in [0.25, 0.3) is 44.3 Å². The quantitative estimate of drug-likeness (QED) is 0.107. The number of H-pyrrole nitrogens is 2. The van der Waals surface area contributed by atoms with Crippen molar-refractivity contribution in [3.05, 3.63) is 66.5 Å². The Hall–Kier alpha value is -5.99. The number of aromatic nitrogens is 5. The zero-order valence-corrected chi connectivity index (χ0v) is 29.7. The fourth-order valence-electron chi connectivity index (χ4n) is 6.89. The minimum atomic E-state index is -0.638. The molecule has 2 unspecified atom stereocenters. The van der Waals surface area contributed by atoms with E-state index in [0.29, 0.717) is 24.6 Å². The molecule has 0 radical (unpaired) electrons. The number of unbranched alkanes of at least 4 members (excludes halogenated alkanes) is 1. The monoisotopic (exact) mass is 721 g/mol. The number of nitrogens with zero attached hydrogens (tertiary/aromatic N) is 4. The van der Waals surface area contributed by atoms with Crippen molar-refractivity contribution in [3.8, 4) is 22.4 Å². The smallest absolute Gasteiger partial charge is 0.407 e. The molecule has 4 amide bonds. The summed E-state index contributed by atoms with van der Waals surface area (Å²) < 4.78 is 9.24. The summed E-state index contributed by atoms with van der Waals surface area (Å²) in [6.45, 7) is 0.997. The number of methoxy groups -OCH3 is 2. The number of carbonyl (C=O) groups excluding carboxylic acids is 4. The molecule has 1 saturated carbocycles. The number of aromatic amines is 2. The molecule has 15 nitrogen and oxygen atoms in total. The number of amides is 4. The number of ether oxygens (including phenoxy) is 2. The molecule has 3 aromatic heterocycles. The zero-order chi connectivity index (χ0) is 36.9. The molecule has 1 aliphatic carbocycles. The molecule has 2 fully saturated rings. The first kappa shape index (κ1) is 35.4. The van der Waals surface area contributed by atoms with Crippen LogP contribution in [-0.4, -0.2) is 93.7 Å². The van der Waals surface area contributed by atoms with Gasteiger partial charge >= 0.3 is 12.2 Å². The van der Waals surface area contributed by atoms with Gasteiger partial charge in [-0.1, -0.05) is 24.3 Å². The summed E-state index contributed by atoms with van der Waals surface area (Å²) in [7, 11) is 2.56. The highest BCUT2D eigenvalue weighted by Gasteiger charge is 2.43. The van der Waals surface area contributed by atoms with E-state index in [2.05, 4.69) is 77.0 Å². The van der Waals surface area contributed by atoms with Gasteiger partial charge in [0.25, 0.3) is 0 Å². The van der Waals surface area contributed by atoms with Crippen molar-refractivity contribution in [1.29, 1.82) is 0 Å². The number of carbonyl (C=O) groups is 4. The van der Waals surface area contributed by atoms with Gasteiger partial charge < -0.3 is 40.3 Å². The van der Waals surface area contributed by atoms with Crippen LogP contribution in [0, 0.1) is 5.92 Å². The van der Waals surface area contributed by atoms with E-state index in [9.17, 15) is 19.2 Å². The topological polar surface area (TPSA) is 196 Å². The van der Waals surface area contributed by atoms with Crippen molar-refractivity contribution < 1.29 is 28.7 Å². The Bertz CT molecular complexity index is 2140. The van der Waals surface area contributed by atoms with Crippen molar-refractivity contribution in [3.63, 3.8) is 0 Å². The Balaban J connectivity index is 0.978. The van der Waals surface area contributed by atoms with Gasteiger partial charge in [0.05, 0.1) is 44.2 Å². The SMILES string of the molecule is COC(=O)NCC(=O)NCCCCc1ncc(-c2ccc3cc(-c4cnc5nc(C6CCCN6C(=O)C(NC(=O)OC)C6CC6)[nH]c5c4)ccc3c2)[nH]1. The molecule has 2 aliphatic rings. The van der Waals surface area contributed by atoms with Crippen LogP contribution in [-0.2, 0) is 25.5 Å². The Kier molecular flexibility index (Phi) is 10.5. The molecule has 2 atom stereocenters. The van der Waals surface area contributed by atoms with Crippen LogP contribution in [0.2, 0.25) is 0 Å². The number of hydrogen-bond donors (Lipinski definition) is 5. The Morgan fingerprint density at radius 2 is 1.64 bits per heavy atom. The summed E-state index contributed by atoms with van der Waals surface area (Å²) >= 11 is 0. The second kappa shape index (κ2) is 15.7. The van der Waals surface area contributed by atoms with Gasteiger partial charge in [0.2, 0.25) is 11.8 Å². The third kappa shape index (κ3) is 8.24. The van der Waals surface area contributed by atoms with Gasteiger partial charge in [0.1, 0.15) is 17.7 Å². The van der Waals surface area contributed by atoms with Crippen molar-refractivity contribution in [2.24, 2.45) is 5.92 Å². The number of rotatable bonds is 13. The van der Waals surface area contributed by atoms with Gasteiger partial charge in [-0.05, 0) is 79.0 Å². The van der Waals surface area contributed by atoms with Crippen LogP contribution in [0.4, 0.5) is 9.59 Å². The minimum Gasteiger partial charge on any atom is -0.453 e. The largest absolute Gasteiger partial charge is 0.453 e. The Morgan fingerprint density at radius 1 is 0.868 bits per heavy atom. The van der Waals surface area contributed by atoms with Crippen molar-refractivity contribution in [1.82, 2.24) is 45.8 Å². The van der Waals surface area contributed by atoms with E-state index in [-0.39, 0.29) is 30.3 Å². The predicted octanol–water partition coefficient (Wildman–Crippen LogP) is 4.76. The van der Waals surface area contributed by atoms with E-state index in [0.717, 1.165) is 89.4 Å². The van der Waals surface area contributed by atoms with E-state index in [1.807, 2.05) is 23.4 Å². The highest BCUT2D eigenvalue weighted by atomic mass is 16.5. The number of likely N-dealkylation sites (tertiary alicyclic amines) is 1. The minimum absolute atomic E-state index is 0.0922. The van der Waals surface area contributed by atoms with E-state index >= 15 is 0 Å². The molecule has 15 heteroatoms. The number of fused-ring (bicyclic) bond motifs is 2. The molecule has 1 aliphatic heterocycles. The lowest BCUT2D eigenvalue weighted by atomic mass is 10.00. The average molecular weight is 722 g/mol. The summed E-state index contributed by atoms with van der Waals surface area (Å²) in [5.74, 6) is 1.36. The number of hydrogen-bond acceptors (Lipinski definition) is 9. The normalized spacial score (nSPS) is 16.0. The van der Waals surface area contributed by atoms with Crippen LogP contribution in [0.1, 0.15) is 56.2 Å². The van der Waals surface area contributed by atoms with E-state index in [4.69, 9.17) is 9.72 Å². The Morgan fingerprint density at radius 3 is 2.42 bits per heavy atom. The first-order valence-electron chi connectivity index (χ1n) is 18.0. The molecule has 53 heavy (non-hydrogen) atoms. The number of imidazole rings is 2. The predicted molar refractivity (Wildman–Crippen MR) is 197 cm³/mol. The molecule has 276 valence electrons. The third-order valence-corrected chi connectivity index (χ3v) is 9.88. The van der Waals surface area contributed by atoms with Gasteiger partial charge in [-0.15, -0.1) is 0 Å². The lowest BCUT2D eigenvalue weighted by molar-refractivity contribution is -0.135. The third-order valence-electron chi connectivity index (χ3n) is 9.88. The summed E-state index contributed by atoms with van der Waals surface area (Å²) in [5, 5.41) is 10.1. The molecule has 5 aromatic rings. The number of nitrogens with one attached hydrogen (secondary N) is 5. The van der Waals surface area contributed by atoms with Crippen LogP contribution < -0.4 is 16.0 Å². The average Bonchev–Trinajstić information content (AvgIpc) is 3.51. The second-order valence-electron chi connectivity index (χ2n) is 13.5. The van der Waals surface area contributed by atoms with Crippen LogP contribution >= 0.6 is 0 Å². The standard InChI is InChI=1S/C38H43N9O6/c1-52-37(50)42-21-32(48)39-14-4-3-7-31-40-20-29(43-31)26-13-12-23-16-25(11-10-24(23)17-26)27-18-28-34(41-19-27)46-35(44-28)30-6-5-15-47(30)36(49)33(22-8-9-22)45-38(51)53-2/h10-13,16-20,22,30,33H,3-9,14-15,21H2,1-2H3,(H,39,48)(H,40,43)(H,42,50)(H,45,51)(H,41,44,46). The molecule has 5 N–H and O–H groups in total. The van der Waals surface area contributed by atoms with Gasteiger partial charge in [0.15, 0.2) is 5.65 Å². The van der Waals surface area contributed by atoms with Crippen LogP contribution in [0.3, 0.4) is 0 Å². The van der Waals surface area contributed by atoms with Crippen LogP contribution in [0.5, 0.6) is 0 Å². The molecule has 7 rings (SSSR count). The lowest BCUT2D eigenvalue weighted by Crippen LogP contribution is -2.49. The van der Waals surface area contributed by atoms with E-state index < -0.39 is 18.2 Å². The number of alkyl carbamates (subject to hydrolysis) is 2. The molecule has 0 bridgehead atoms. The lowest BCUT2D eigenvalue weighted by Gasteiger charge is -2.28. The number of aryl methyl sites for hydroxylation is 1. The van der Waals surface area contributed by atoms with Crippen LogP contribution in [0.15, 0.2) is 54.9 Å². The van der Waals surface area contributed by atoms with E-state index in [1.54, 1.807) is 0 Å². The molecular formula is C38H43N9O6. The summed E-state index contributed by atoms with van der Waals surface area (Å²) in [5.41, 5.74) is 5.33. The van der Waals surface area contributed by atoms with Gasteiger partial charge in [-0.2, -0.15) is 0 Å². The second-order valence-corrected chi connectivity index (χ2v) is 13.5. The fourth-order valence-corrected chi connectivity index (χ4v) is 6.89. The zero-order valence-electron chi connectivity index (χ0n) is 29.7. The first-order chi connectivity index (χ1) is 25.8.